The Kier molecular flexibility index (Phi) is 3.16. The van der Waals surface area contributed by atoms with Gasteiger partial charge in [0.1, 0.15) is 17.3 Å². The van der Waals surface area contributed by atoms with Crippen molar-refractivity contribution in [3.05, 3.63) is 24.4 Å². The van der Waals surface area contributed by atoms with Gasteiger partial charge in [-0.1, -0.05) is 0 Å². The molecule has 6 heteroatoms. The first-order chi connectivity index (χ1) is 9.24. The summed E-state index contributed by atoms with van der Waals surface area (Å²) in [6, 6.07) is 0.442. The first-order valence-corrected chi connectivity index (χ1v) is 6.52. The first kappa shape index (κ1) is 12.1. The highest BCUT2D eigenvalue weighted by atomic mass is 15.1. The van der Waals surface area contributed by atoms with E-state index in [0.29, 0.717) is 6.04 Å². The van der Waals surface area contributed by atoms with E-state index in [-0.39, 0.29) is 0 Å². The predicted molar refractivity (Wildman–Crippen MR) is 73.9 cm³/mol. The summed E-state index contributed by atoms with van der Waals surface area (Å²) in [5.41, 5.74) is 1.83. The van der Waals surface area contributed by atoms with E-state index in [0.717, 1.165) is 42.5 Å². The number of aryl methyl sites for hydroxylation is 1. The second-order valence-corrected chi connectivity index (χ2v) is 4.87. The molecule has 0 saturated carbocycles. The number of imidazole rings is 1. The summed E-state index contributed by atoms with van der Waals surface area (Å²) in [5, 5.41) is 6.74. The molecular formula is C13H18N6. The Morgan fingerprint density at radius 2 is 2.26 bits per heavy atom. The van der Waals surface area contributed by atoms with Crippen LogP contribution in [0.4, 0.5) is 5.82 Å². The average molecular weight is 258 g/mol. The summed E-state index contributed by atoms with van der Waals surface area (Å²) in [4.78, 5) is 13.2. The lowest BCUT2D eigenvalue weighted by molar-refractivity contribution is 0.786. The Hall–Kier alpha value is -1.95. The minimum atomic E-state index is 0.442. The van der Waals surface area contributed by atoms with E-state index in [2.05, 4.69) is 25.6 Å². The van der Waals surface area contributed by atoms with E-state index in [1.165, 1.54) is 0 Å². The minimum Gasteiger partial charge on any atom is -0.365 e. The Balaban J connectivity index is 1.85. The fourth-order valence-corrected chi connectivity index (χ4v) is 2.29. The number of nitrogens with zero attached hydrogens (tertiary/aromatic N) is 4. The second kappa shape index (κ2) is 4.97. The number of rotatable bonds is 3. The molecule has 3 heterocycles. The maximum absolute atomic E-state index is 4.62. The topological polar surface area (TPSA) is 67.7 Å². The highest BCUT2D eigenvalue weighted by Crippen LogP contribution is 2.18. The van der Waals surface area contributed by atoms with Crippen LogP contribution in [0.5, 0.6) is 0 Å². The molecule has 6 nitrogen and oxygen atoms in total. The van der Waals surface area contributed by atoms with Crippen LogP contribution in [0.25, 0.3) is 11.4 Å². The molecule has 19 heavy (non-hydrogen) atoms. The van der Waals surface area contributed by atoms with Crippen LogP contribution in [0, 0.1) is 6.92 Å². The van der Waals surface area contributed by atoms with Crippen LogP contribution in [-0.4, -0.2) is 38.7 Å². The van der Waals surface area contributed by atoms with Crippen molar-refractivity contribution in [1.29, 1.82) is 0 Å². The van der Waals surface area contributed by atoms with Gasteiger partial charge in [-0.2, -0.15) is 0 Å². The molecule has 2 aromatic rings. The van der Waals surface area contributed by atoms with Crippen molar-refractivity contribution < 1.29 is 0 Å². The zero-order valence-corrected chi connectivity index (χ0v) is 11.2. The molecule has 0 aliphatic carbocycles. The van der Waals surface area contributed by atoms with Gasteiger partial charge in [0.25, 0.3) is 0 Å². The molecule has 0 aromatic carbocycles. The largest absolute Gasteiger partial charge is 0.365 e. The number of aromatic nitrogens is 4. The van der Waals surface area contributed by atoms with Gasteiger partial charge < -0.3 is 15.2 Å². The summed E-state index contributed by atoms with van der Waals surface area (Å²) >= 11 is 0. The summed E-state index contributed by atoms with van der Waals surface area (Å²) in [7, 11) is 1.99. The van der Waals surface area contributed by atoms with Crippen molar-refractivity contribution in [2.24, 2.45) is 7.05 Å². The summed E-state index contributed by atoms with van der Waals surface area (Å²) in [6.07, 6.45) is 6.50. The maximum Gasteiger partial charge on any atom is 0.145 e. The third-order valence-electron chi connectivity index (χ3n) is 3.53. The highest BCUT2D eigenvalue weighted by Gasteiger charge is 2.15. The van der Waals surface area contributed by atoms with Gasteiger partial charge in [-0.3, -0.25) is 4.98 Å². The fourth-order valence-electron chi connectivity index (χ4n) is 2.29. The molecule has 0 bridgehead atoms. The van der Waals surface area contributed by atoms with Crippen LogP contribution in [0.1, 0.15) is 12.2 Å². The Bertz CT molecular complexity index is 570. The van der Waals surface area contributed by atoms with Gasteiger partial charge in [0.15, 0.2) is 0 Å². The second-order valence-electron chi connectivity index (χ2n) is 4.87. The van der Waals surface area contributed by atoms with Crippen LogP contribution < -0.4 is 10.6 Å². The highest BCUT2D eigenvalue weighted by molar-refractivity contribution is 5.55. The van der Waals surface area contributed by atoms with Crippen molar-refractivity contribution in [2.45, 2.75) is 19.4 Å². The van der Waals surface area contributed by atoms with Gasteiger partial charge in [0.2, 0.25) is 0 Å². The first-order valence-electron chi connectivity index (χ1n) is 6.52. The average Bonchev–Trinajstić information content (AvgIpc) is 3.02. The molecule has 2 N–H and O–H groups in total. The van der Waals surface area contributed by atoms with E-state index in [1.54, 1.807) is 12.4 Å². The van der Waals surface area contributed by atoms with Crippen LogP contribution >= 0.6 is 0 Å². The third-order valence-corrected chi connectivity index (χ3v) is 3.53. The molecule has 0 unspecified atom stereocenters. The minimum absolute atomic E-state index is 0.442. The van der Waals surface area contributed by atoms with Gasteiger partial charge >= 0.3 is 0 Å². The molecule has 100 valence electrons. The molecule has 1 aliphatic heterocycles. The van der Waals surface area contributed by atoms with Gasteiger partial charge in [-0.15, -0.1) is 0 Å². The zero-order valence-electron chi connectivity index (χ0n) is 11.2. The summed E-state index contributed by atoms with van der Waals surface area (Å²) in [6.45, 7) is 4.02. The van der Waals surface area contributed by atoms with Crippen molar-refractivity contribution in [2.75, 3.05) is 18.4 Å². The van der Waals surface area contributed by atoms with E-state index in [9.17, 15) is 0 Å². The Labute approximate surface area is 112 Å². The fraction of sp³-hybridized carbons (Fsp3) is 0.462. The quantitative estimate of drug-likeness (QED) is 0.858. The van der Waals surface area contributed by atoms with Gasteiger partial charge in [0.05, 0.1) is 24.3 Å². The third kappa shape index (κ3) is 2.44. The smallest absolute Gasteiger partial charge is 0.145 e. The van der Waals surface area contributed by atoms with E-state index >= 15 is 0 Å². The molecule has 1 fully saturated rings. The standard InChI is InChI=1S/C13H18N6/c1-9-16-7-12(19(9)2)11-6-15-8-13(18-11)17-10-3-4-14-5-10/h6-8,10,14H,3-5H2,1-2H3,(H,17,18)/t10-/m1/s1. The maximum atomic E-state index is 4.62. The lowest BCUT2D eigenvalue weighted by Crippen LogP contribution is -2.22. The van der Waals surface area contributed by atoms with Crippen LogP contribution in [0.15, 0.2) is 18.6 Å². The van der Waals surface area contributed by atoms with Crippen LogP contribution in [0.3, 0.4) is 0 Å². The Morgan fingerprint density at radius 1 is 1.37 bits per heavy atom. The molecule has 2 aromatic heterocycles. The van der Waals surface area contributed by atoms with Gasteiger partial charge in [-0.25, -0.2) is 9.97 Å². The predicted octanol–water partition coefficient (Wildman–Crippen LogP) is 0.959. The van der Waals surface area contributed by atoms with Crippen LogP contribution in [0.2, 0.25) is 0 Å². The molecule has 1 atom stereocenters. The van der Waals surface area contributed by atoms with E-state index in [4.69, 9.17) is 0 Å². The van der Waals surface area contributed by atoms with Gasteiger partial charge in [0, 0.05) is 19.6 Å². The summed E-state index contributed by atoms with van der Waals surface area (Å²) < 4.78 is 2.02. The monoisotopic (exact) mass is 258 g/mol. The molecule has 0 spiro atoms. The molecular weight excluding hydrogens is 240 g/mol. The van der Waals surface area contributed by atoms with Gasteiger partial charge in [-0.05, 0) is 19.9 Å². The Morgan fingerprint density at radius 3 is 2.95 bits per heavy atom. The zero-order chi connectivity index (χ0) is 13.2. The summed E-state index contributed by atoms with van der Waals surface area (Å²) in [5.74, 6) is 1.79. The number of hydrogen-bond donors (Lipinski definition) is 2. The van der Waals surface area contributed by atoms with Crippen LogP contribution in [-0.2, 0) is 7.05 Å². The lowest BCUT2D eigenvalue weighted by atomic mass is 10.2. The molecule has 0 radical (unpaired) electrons. The number of hydrogen-bond acceptors (Lipinski definition) is 5. The molecule has 3 rings (SSSR count). The molecule has 1 aliphatic rings. The van der Waals surface area contributed by atoms with Crippen molar-refractivity contribution in [1.82, 2.24) is 24.8 Å². The SMILES string of the molecule is Cc1ncc(-c2cncc(N[C@@H]3CCNC3)n2)n1C. The number of anilines is 1. The van der Waals surface area contributed by atoms with Crippen molar-refractivity contribution in [3.8, 4) is 11.4 Å². The normalized spacial score (nSPS) is 18.7. The van der Waals surface area contributed by atoms with E-state index in [1.807, 2.05) is 24.7 Å². The molecule has 0 amide bonds. The number of nitrogens with one attached hydrogen (secondary N) is 2. The molecule has 1 saturated heterocycles. The van der Waals surface area contributed by atoms with E-state index < -0.39 is 0 Å². The van der Waals surface area contributed by atoms with Crippen molar-refractivity contribution in [3.63, 3.8) is 0 Å². The van der Waals surface area contributed by atoms with Crippen molar-refractivity contribution >= 4 is 5.82 Å². The lowest BCUT2D eigenvalue weighted by Gasteiger charge is -2.12.